The van der Waals surface area contributed by atoms with Gasteiger partial charge in [-0.25, -0.2) is 9.18 Å². The number of carbonyl (C=O) groups excluding carboxylic acids is 1. The first kappa shape index (κ1) is 13.7. The molecule has 0 aliphatic carbocycles. The van der Waals surface area contributed by atoms with Crippen LogP contribution in [0.3, 0.4) is 0 Å². The molecule has 0 aromatic heterocycles. The topological polar surface area (TPSA) is 35.5 Å². The molecule has 5 heteroatoms. The number of halogens is 2. The smallest absolute Gasteiger partial charge is 0.340 e. The van der Waals surface area contributed by atoms with Gasteiger partial charge >= 0.3 is 5.97 Å². The SMILES string of the molecule is C=C(C)COc1c(Br)ccc(C(=O)OC)c1F. The number of hydrogen-bond donors (Lipinski definition) is 0. The molecule has 3 nitrogen and oxygen atoms in total. The van der Waals surface area contributed by atoms with Crippen LogP contribution in [-0.4, -0.2) is 19.7 Å². The summed E-state index contributed by atoms with van der Waals surface area (Å²) >= 11 is 3.16. The quantitative estimate of drug-likeness (QED) is 0.632. The van der Waals surface area contributed by atoms with E-state index in [0.717, 1.165) is 5.57 Å². The summed E-state index contributed by atoms with van der Waals surface area (Å²) in [5, 5.41) is 0. The summed E-state index contributed by atoms with van der Waals surface area (Å²) in [6.07, 6.45) is 0. The number of rotatable bonds is 4. The van der Waals surface area contributed by atoms with E-state index < -0.39 is 11.8 Å². The molecular formula is C12H12BrFO3. The predicted molar refractivity (Wildman–Crippen MR) is 65.7 cm³/mol. The van der Waals surface area contributed by atoms with Gasteiger partial charge in [0.25, 0.3) is 0 Å². The molecule has 0 saturated heterocycles. The number of hydrogen-bond acceptors (Lipinski definition) is 3. The van der Waals surface area contributed by atoms with E-state index in [0.29, 0.717) is 4.47 Å². The highest BCUT2D eigenvalue weighted by Crippen LogP contribution is 2.31. The number of methoxy groups -OCH3 is 1. The maximum absolute atomic E-state index is 13.9. The molecule has 1 aromatic carbocycles. The van der Waals surface area contributed by atoms with Gasteiger partial charge in [0.1, 0.15) is 6.61 Å². The van der Waals surface area contributed by atoms with E-state index in [-0.39, 0.29) is 17.9 Å². The standard InChI is InChI=1S/C12H12BrFO3/c1-7(2)6-17-11-9(13)5-4-8(10(11)14)12(15)16-3/h4-5H,1,6H2,2-3H3. The fourth-order valence-electron chi connectivity index (χ4n) is 1.13. The van der Waals surface area contributed by atoms with Crippen LogP contribution >= 0.6 is 15.9 Å². The largest absolute Gasteiger partial charge is 0.485 e. The Morgan fingerprint density at radius 2 is 2.18 bits per heavy atom. The van der Waals surface area contributed by atoms with Crippen molar-refractivity contribution < 1.29 is 18.7 Å². The van der Waals surface area contributed by atoms with Crippen LogP contribution in [-0.2, 0) is 4.74 Å². The first-order valence-electron chi connectivity index (χ1n) is 4.81. The van der Waals surface area contributed by atoms with Gasteiger partial charge in [-0.15, -0.1) is 0 Å². The third-order valence-corrected chi connectivity index (χ3v) is 2.54. The molecule has 0 N–H and O–H groups in total. The highest BCUT2D eigenvalue weighted by Gasteiger charge is 2.19. The second-order valence-electron chi connectivity index (χ2n) is 3.48. The molecule has 0 saturated carbocycles. The van der Waals surface area contributed by atoms with Crippen LogP contribution in [0.5, 0.6) is 5.75 Å². The fraction of sp³-hybridized carbons (Fsp3) is 0.250. The average molecular weight is 303 g/mol. The number of benzene rings is 1. The molecule has 92 valence electrons. The molecule has 0 fully saturated rings. The predicted octanol–water partition coefficient (Wildman–Crippen LogP) is 3.33. The zero-order chi connectivity index (χ0) is 13.0. The van der Waals surface area contributed by atoms with Crippen LogP contribution in [0.2, 0.25) is 0 Å². The Labute approximate surface area is 107 Å². The number of esters is 1. The average Bonchev–Trinajstić information content (AvgIpc) is 2.27. The number of carbonyl (C=O) groups is 1. The second kappa shape index (κ2) is 5.82. The Bertz CT molecular complexity index is 457. The number of ether oxygens (including phenoxy) is 2. The summed E-state index contributed by atoms with van der Waals surface area (Å²) in [6, 6.07) is 2.86. The lowest BCUT2D eigenvalue weighted by Crippen LogP contribution is -2.08. The Morgan fingerprint density at radius 3 is 2.71 bits per heavy atom. The summed E-state index contributed by atoms with van der Waals surface area (Å²) in [7, 11) is 1.19. The van der Waals surface area contributed by atoms with Crippen molar-refractivity contribution >= 4 is 21.9 Å². The molecule has 17 heavy (non-hydrogen) atoms. The lowest BCUT2D eigenvalue weighted by molar-refractivity contribution is 0.0594. The van der Waals surface area contributed by atoms with E-state index in [1.165, 1.54) is 19.2 Å². The minimum atomic E-state index is -0.743. The van der Waals surface area contributed by atoms with Gasteiger partial charge in [-0.2, -0.15) is 0 Å². The first-order valence-corrected chi connectivity index (χ1v) is 5.60. The second-order valence-corrected chi connectivity index (χ2v) is 4.33. The lowest BCUT2D eigenvalue weighted by Gasteiger charge is -2.11. The van der Waals surface area contributed by atoms with Gasteiger partial charge in [0.15, 0.2) is 11.6 Å². The maximum Gasteiger partial charge on any atom is 0.340 e. The zero-order valence-corrected chi connectivity index (χ0v) is 11.1. The van der Waals surface area contributed by atoms with Crippen molar-refractivity contribution in [3.05, 3.63) is 40.1 Å². The molecule has 1 aromatic rings. The van der Waals surface area contributed by atoms with Gasteiger partial charge in [0.2, 0.25) is 0 Å². The molecular weight excluding hydrogens is 291 g/mol. The summed E-state index contributed by atoms with van der Waals surface area (Å²) < 4.78 is 24.1. The van der Waals surface area contributed by atoms with Crippen molar-refractivity contribution in [2.45, 2.75) is 6.92 Å². The van der Waals surface area contributed by atoms with E-state index in [1.54, 1.807) is 6.92 Å². The lowest BCUT2D eigenvalue weighted by atomic mass is 10.2. The van der Waals surface area contributed by atoms with Crippen LogP contribution in [0.25, 0.3) is 0 Å². The molecule has 0 aliphatic rings. The van der Waals surface area contributed by atoms with E-state index in [2.05, 4.69) is 27.2 Å². The van der Waals surface area contributed by atoms with Gasteiger partial charge < -0.3 is 9.47 Å². The molecule has 1 rings (SSSR count). The summed E-state index contributed by atoms with van der Waals surface area (Å²) in [4.78, 5) is 11.3. The van der Waals surface area contributed by atoms with Crippen LogP contribution in [0.15, 0.2) is 28.8 Å². The highest BCUT2D eigenvalue weighted by atomic mass is 79.9. The Hall–Kier alpha value is -1.36. The van der Waals surface area contributed by atoms with Crippen molar-refractivity contribution in [1.82, 2.24) is 0 Å². The van der Waals surface area contributed by atoms with E-state index in [9.17, 15) is 9.18 Å². The van der Waals surface area contributed by atoms with Crippen molar-refractivity contribution in [2.24, 2.45) is 0 Å². The van der Waals surface area contributed by atoms with Gasteiger partial charge in [0.05, 0.1) is 17.1 Å². The van der Waals surface area contributed by atoms with Crippen LogP contribution in [0.1, 0.15) is 17.3 Å². The third kappa shape index (κ3) is 3.30. The molecule has 0 aliphatic heterocycles. The Balaban J connectivity index is 3.10. The normalized spacial score (nSPS) is 9.88. The Kier molecular flexibility index (Phi) is 4.69. The van der Waals surface area contributed by atoms with E-state index >= 15 is 0 Å². The van der Waals surface area contributed by atoms with Crippen molar-refractivity contribution in [1.29, 1.82) is 0 Å². The van der Waals surface area contributed by atoms with Gasteiger partial charge in [-0.3, -0.25) is 0 Å². The fourth-order valence-corrected chi connectivity index (χ4v) is 1.55. The molecule has 0 spiro atoms. The van der Waals surface area contributed by atoms with Crippen molar-refractivity contribution in [3.63, 3.8) is 0 Å². The summed E-state index contributed by atoms with van der Waals surface area (Å²) in [6.45, 7) is 5.59. The molecule has 0 unspecified atom stereocenters. The molecule has 0 bridgehead atoms. The van der Waals surface area contributed by atoms with Gasteiger partial charge in [-0.05, 0) is 40.6 Å². The molecule has 0 radical (unpaired) electrons. The van der Waals surface area contributed by atoms with Crippen molar-refractivity contribution in [2.75, 3.05) is 13.7 Å². The highest BCUT2D eigenvalue weighted by molar-refractivity contribution is 9.10. The summed E-state index contributed by atoms with van der Waals surface area (Å²) in [5.41, 5.74) is 0.590. The maximum atomic E-state index is 13.9. The Morgan fingerprint density at radius 1 is 1.53 bits per heavy atom. The minimum absolute atomic E-state index is 0.0177. The van der Waals surface area contributed by atoms with Gasteiger partial charge in [0, 0.05) is 0 Å². The van der Waals surface area contributed by atoms with Crippen molar-refractivity contribution in [3.8, 4) is 5.75 Å². The first-order chi connectivity index (χ1) is 7.97. The van der Waals surface area contributed by atoms with Crippen LogP contribution in [0, 0.1) is 5.82 Å². The summed E-state index contributed by atoms with van der Waals surface area (Å²) in [5.74, 6) is -1.50. The van der Waals surface area contributed by atoms with Crippen LogP contribution in [0.4, 0.5) is 4.39 Å². The monoisotopic (exact) mass is 302 g/mol. The van der Waals surface area contributed by atoms with E-state index in [1.807, 2.05) is 0 Å². The third-order valence-electron chi connectivity index (χ3n) is 1.92. The molecule has 0 amide bonds. The zero-order valence-electron chi connectivity index (χ0n) is 9.55. The minimum Gasteiger partial charge on any atom is -0.485 e. The molecule has 0 atom stereocenters. The molecule has 0 heterocycles. The van der Waals surface area contributed by atoms with Gasteiger partial charge in [-0.1, -0.05) is 6.58 Å². The van der Waals surface area contributed by atoms with Crippen LogP contribution < -0.4 is 4.74 Å². The van der Waals surface area contributed by atoms with E-state index in [4.69, 9.17) is 4.74 Å².